The van der Waals surface area contributed by atoms with Crippen LogP contribution in [0.4, 0.5) is 30.6 Å². The first-order valence-electron chi connectivity index (χ1n) is 20.1. The minimum Gasteiger partial charge on any atom is -0.461 e. The summed E-state index contributed by atoms with van der Waals surface area (Å²) in [5.41, 5.74) is 10.0. The number of benzene rings is 1. The summed E-state index contributed by atoms with van der Waals surface area (Å²) in [4.78, 5) is 56.3. The number of carbonyl (C=O) groups excluding carboxylic acids is 2. The summed E-state index contributed by atoms with van der Waals surface area (Å²) in [6.45, 7) is 7.65. The van der Waals surface area contributed by atoms with Gasteiger partial charge in [0.1, 0.15) is 36.7 Å². The number of piperazine rings is 1. The number of rotatable bonds is 7. The standard InChI is InChI=1S/C39H48FN11O4S/c1-24-17-48(23-42-24)37(52)50-19-25-5-6-26(50)18-49(25)34-28-10-16-47(31-8-7-29(40)33-32(31)44-35(41)56-33)20-30(28)43-36(45-34)55-22-39-11-4-15-51(39)27(9-12-39)21-54-38(53)46-13-2-3-14-46/h7-8,17,23,25-27H,2-6,9-16,18-22H2,1H3,(H2,41,44)/t25?,26?,27-,39-/m1/s1. The highest BCUT2D eigenvalue weighted by Crippen LogP contribution is 2.44. The summed E-state index contributed by atoms with van der Waals surface area (Å²) in [6, 6.07) is 3.86. The average molecular weight is 786 g/mol. The van der Waals surface area contributed by atoms with Crippen LogP contribution in [0.15, 0.2) is 24.7 Å². The highest BCUT2D eigenvalue weighted by Gasteiger charge is 2.50. The van der Waals surface area contributed by atoms with Gasteiger partial charge in [0.15, 0.2) is 5.13 Å². The summed E-state index contributed by atoms with van der Waals surface area (Å²) in [7, 11) is 0. The fourth-order valence-electron chi connectivity index (χ4n) is 10.3. The molecule has 15 nitrogen and oxygen atoms in total. The topological polar surface area (TPSA) is 151 Å². The van der Waals surface area contributed by atoms with Gasteiger partial charge in [-0.15, -0.1) is 0 Å². The van der Waals surface area contributed by atoms with Gasteiger partial charge < -0.3 is 34.8 Å². The van der Waals surface area contributed by atoms with Gasteiger partial charge in [-0.2, -0.15) is 9.97 Å². The van der Waals surface area contributed by atoms with Crippen LogP contribution in [0.3, 0.4) is 0 Å². The summed E-state index contributed by atoms with van der Waals surface area (Å²) >= 11 is 1.16. The van der Waals surface area contributed by atoms with E-state index in [9.17, 15) is 14.0 Å². The Hall–Kier alpha value is -4.77. The monoisotopic (exact) mass is 785 g/mol. The molecule has 56 heavy (non-hydrogen) atoms. The van der Waals surface area contributed by atoms with Crippen molar-refractivity contribution in [2.24, 2.45) is 0 Å². The third-order valence-corrected chi connectivity index (χ3v) is 14.0. The molecule has 10 heterocycles. The summed E-state index contributed by atoms with van der Waals surface area (Å²) in [5.74, 6) is 0.553. The zero-order chi connectivity index (χ0) is 38.1. The van der Waals surface area contributed by atoms with Crippen molar-refractivity contribution in [1.29, 1.82) is 0 Å². The number of carbonyl (C=O) groups is 2. The molecule has 17 heteroatoms. The Labute approximate surface area is 328 Å². The van der Waals surface area contributed by atoms with E-state index < -0.39 is 0 Å². The minimum absolute atomic E-state index is 0.0360. The third kappa shape index (κ3) is 6.17. The maximum atomic E-state index is 14.8. The number of nitrogens with two attached hydrogens (primary N) is 1. The summed E-state index contributed by atoms with van der Waals surface area (Å²) in [6.07, 6.45) is 11.8. The maximum Gasteiger partial charge on any atom is 0.409 e. The van der Waals surface area contributed by atoms with Crippen molar-refractivity contribution < 1.29 is 23.5 Å². The molecular formula is C39H48FN11O4S. The zero-order valence-electron chi connectivity index (χ0n) is 31.7. The van der Waals surface area contributed by atoms with Gasteiger partial charge in [0, 0.05) is 56.6 Å². The number of ether oxygens (including phenoxy) is 2. The lowest BCUT2D eigenvalue weighted by Gasteiger charge is -2.52. The van der Waals surface area contributed by atoms with Crippen molar-refractivity contribution in [3.8, 4) is 6.01 Å². The van der Waals surface area contributed by atoms with Crippen LogP contribution >= 0.6 is 11.3 Å². The first kappa shape index (κ1) is 35.6. The van der Waals surface area contributed by atoms with Crippen molar-refractivity contribution in [1.82, 2.24) is 39.2 Å². The molecule has 0 aliphatic carbocycles. The molecule has 2 amide bonds. The van der Waals surface area contributed by atoms with Gasteiger partial charge in [-0.1, -0.05) is 11.3 Å². The number of imidazole rings is 1. The molecule has 2 bridgehead atoms. The Kier molecular flexibility index (Phi) is 8.91. The molecule has 0 radical (unpaired) electrons. The fourth-order valence-corrected chi connectivity index (χ4v) is 11.0. The third-order valence-electron chi connectivity index (χ3n) is 13.1. The smallest absolute Gasteiger partial charge is 0.409 e. The molecule has 0 spiro atoms. The Balaban J connectivity index is 0.924. The second kappa shape index (κ2) is 14.0. The van der Waals surface area contributed by atoms with Crippen molar-refractivity contribution >= 4 is 50.3 Å². The second-order valence-corrected chi connectivity index (χ2v) is 17.4. The van der Waals surface area contributed by atoms with Gasteiger partial charge in [-0.25, -0.2) is 23.9 Å². The Morgan fingerprint density at radius 1 is 1.02 bits per heavy atom. The molecule has 7 aliphatic heterocycles. The van der Waals surface area contributed by atoms with Crippen molar-refractivity contribution in [2.75, 3.05) is 68.0 Å². The molecule has 3 aromatic heterocycles. The largest absolute Gasteiger partial charge is 0.461 e. The predicted octanol–water partition coefficient (Wildman–Crippen LogP) is 4.80. The SMILES string of the molecule is Cc1cn(C(=O)N2CC3CCC2CN3c2nc(OC[C@]34CCCN3[C@@H](COC(=O)N3CCCC3)CC4)nc3c2CCN(c2ccc(F)c4sc(N)nc24)C3)cn1. The molecule has 2 unspecified atom stereocenters. The first-order valence-corrected chi connectivity index (χ1v) is 20.9. The molecule has 2 N–H and O–H groups in total. The highest BCUT2D eigenvalue weighted by atomic mass is 32.1. The molecule has 7 aliphatic rings. The van der Waals surface area contributed by atoms with Crippen molar-refractivity contribution in [3.05, 3.63) is 47.4 Å². The van der Waals surface area contributed by atoms with Gasteiger partial charge in [0.2, 0.25) is 0 Å². The quantitative estimate of drug-likeness (QED) is 0.274. The molecular weight excluding hydrogens is 738 g/mol. The Bertz CT molecular complexity index is 2180. The van der Waals surface area contributed by atoms with Crippen LogP contribution in [0, 0.1) is 12.7 Å². The molecule has 6 fully saturated rings. The van der Waals surface area contributed by atoms with E-state index in [1.54, 1.807) is 23.2 Å². The number of likely N-dealkylation sites (tertiary alicyclic amines) is 1. The second-order valence-electron chi connectivity index (χ2n) is 16.4. The van der Waals surface area contributed by atoms with Crippen molar-refractivity contribution in [3.63, 3.8) is 0 Å². The van der Waals surface area contributed by atoms with E-state index in [1.807, 2.05) is 16.7 Å². The van der Waals surface area contributed by atoms with Crippen LogP contribution in [0.2, 0.25) is 0 Å². The zero-order valence-corrected chi connectivity index (χ0v) is 32.6. The molecule has 1 aromatic carbocycles. The van der Waals surface area contributed by atoms with E-state index in [-0.39, 0.29) is 41.6 Å². The van der Waals surface area contributed by atoms with E-state index in [4.69, 9.17) is 25.2 Å². The van der Waals surface area contributed by atoms with Gasteiger partial charge in [0.05, 0.1) is 39.9 Å². The molecule has 6 saturated heterocycles. The van der Waals surface area contributed by atoms with E-state index in [0.29, 0.717) is 67.2 Å². The number of aryl methyl sites for hydroxylation is 1. The average Bonchev–Trinajstić information content (AvgIpc) is 4.06. The first-order chi connectivity index (χ1) is 27.2. The lowest BCUT2D eigenvalue weighted by molar-refractivity contribution is 0.0461. The number of amides is 2. The minimum atomic E-state index is -0.328. The van der Waals surface area contributed by atoms with Crippen LogP contribution in [-0.4, -0.2) is 127 Å². The van der Waals surface area contributed by atoms with E-state index in [2.05, 4.69) is 24.7 Å². The number of fused-ring (bicyclic) bond motifs is 6. The predicted molar refractivity (Wildman–Crippen MR) is 209 cm³/mol. The van der Waals surface area contributed by atoms with E-state index in [1.165, 1.54) is 6.07 Å². The molecule has 4 atom stereocenters. The van der Waals surface area contributed by atoms with Crippen LogP contribution in [0.25, 0.3) is 10.2 Å². The summed E-state index contributed by atoms with van der Waals surface area (Å²) in [5, 5.41) is 0.333. The molecule has 11 rings (SSSR count). The molecule has 296 valence electrons. The highest BCUT2D eigenvalue weighted by molar-refractivity contribution is 7.22. The van der Waals surface area contributed by atoms with Crippen molar-refractivity contribution in [2.45, 2.75) is 94.9 Å². The molecule has 0 saturated carbocycles. The number of aromatic nitrogens is 5. The number of piperidine rings is 2. The van der Waals surface area contributed by atoms with Gasteiger partial charge >= 0.3 is 18.1 Å². The van der Waals surface area contributed by atoms with Crippen LogP contribution in [0.1, 0.15) is 68.3 Å². The number of hydrogen-bond donors (Lipinski definition) is 1. The number of halogens is 1. The number of nitrogens with zero attached hydrogens (tertiary/aromatic N) is 10. The number of hydrogen-bond acceptors (Lipinski definition) is 13. The fraction of sp³-hybridized carbons (Fsp3) is 0.590. The van der Waals surface area contributed by atoms with Crippen LogP contribution in [0.5, 0.6) is 6.01 Å². The number of nitrogen functional groups attached to an aromatic ring is 1. The number of anilines is 3. The lowest BCUT2D eigenvalue weighted by Crippen LogP contribution is -2.65. The van der Waals surface area contributed by atoms with Crippen LogP contribution < -0.4 is 20.3 Å². The normalized spacial score (nSPS) is 26.0. The van der Waals surface area contributed by atoms with Crippen LogP contribution in [-0.2, 0) is 17.7 Å². The lowest BCUT2D eigenvalue weighted by atomic mass is 9.90. The van der Waals surface area contributed by atoms with E-state index in [0.717, 1.165) is 111 Å². The number of thiazole rings is 1. The maximum absolute atomic E-state index is 14.8. The van der Waals surface area contributed by atoms with Gasteiger partial charge in [-0.3, -0.25) is 9.47 Å². The summed E-state index contributed by atoms with van der Waals surface area (Å²) < 4.78 is 29.4. The Morgan fingerprint density at radius 2 is 1.88 bits per heavy atom. The van der Waals surface area contributed by atoms with Gasteiger partial charge in [-0.05, 0) is 83.4 Å². The molecule has 4 aromatic rings. The van der Waals surface area contributed by atoms with E-state index >= 15 is 0 Å². The van der Waals surface area contributed by atoms with Gasteiger partial charge in [0.25, 0.3) is 0 Å². The Morgan fingerprint density at radius 3 is 2.68 bits per heavy atom.